The van der Waals surface area contributed by atoms with E-state index in [0.29, 0.717) is 0 Å². The molecule has 0 amide bonds. The van der Waals surface area contributed by atoms with Crippen molar-refractivity contribution < 1.29 is 46.9 Å². The average Bonchev–Trinajstić information content (AvgIpc) is 3.12. The van der Waals surface area contributed by atoms with E-state index in [2.05, 4.69) is 29.7 Å². The largest absolute Gasteiger partial charge is 0.481 e. The fourth-order valence-electron chi connectivity index (χ4n) is 2.68. The highest BCUT2D eigenvalue weighted by Gasteiger charge is 2.50. The minimum Gasteiger partial charge on any atom is -0.389 e. The lowest BCUT2D eigenvalue weighted by molar-refractivity contribution is -0.0874. The number of ether oxygens (including phenoxy) is 1. The molecule has 29 heavy (non-hydrogen) atoms. The summed E-state index contributed by atoms with van der Waals surface area (Å²) in [4.78, 5) is 37.5. The van der Waals surface area contributed by atoms with Crippen molar-refractivity contribution >= 4 is 32.6 Å². The van der Waals surface area contributed by atoms with E-state index in [4.69, 9.17) is 26.7 Å². The molecule has 0 saturated carbocycles. The van der Waals surface area contributed by atoms with Crippen molar-refractivity contribution in [1.82, 2.24) is 19.5 Å². The summed E-state index contributed by atoms with van der Waals surface area (Å²) in [6.45, 7) is -0.965. The summed E-state index contributed by atoms with van der Waals surface area (Å²) in [5.74, 6) is 1.85. The molecule has 1 aliphatic rings. The van der Waals surface area contributed by atoms with Crippen molar-refractivity contribution in [2.75, 3.05) is 12.3 Å². The lowest BCUT2D eigenvalue weighted by atomic mass is 9.99. The summed E-state index contributed by atoms with van der Waals surface area (Å²) < 4.78 is 50.8. The van der Waals surface area contributed by atoms with E-state index in [9.17, 15) is 23.5 Å². The molecule has 0 radical (unpaired) electrons. The SMILES string of the molecule is C#C[C@]1(COP(=O)(O)OP(=O)(O)O)O[C@@H](n2cnc3c(N)nc(F)nc32)C[C@@H]1O. The first-order chi connectivity index (χ1) is 13.4. The first-order valence-electron chi connectivity index (χ1n) is 7.59. The van der Waals surface area contributed by atoms with Gasteiger partial charge in [0.15, 0.2) is 22.6 Å². The molecule has 3 heterocycles. The molecule has 3 rings (SSSR count). The van der Waals surface area contributed by atoms with Crippen LogP contribution in [0.3, 0.4) is 0 Å². The predicted molar refractivity (Wildman–Crippen MR) is 90.9 cm³/mol. The van der Waals surface area contributed by atoms with Crippen LogP contribution >= 0.6 is 15.6 Å². The molecular weight excluding hydrogens is 439 g/mol. The van der Waals surface area contributed by atoms with Crippen molar-refractivity contribution in [2.24, 2.45) is 0 Å². The number of hydrogen-bond acceptors (Lipinski definition) is 10. The van der Waals surface area contributed by atoms with Gasteiger partial charge in [-0.15, -0.1) is 6.42 Å². The molecule has 6 N–H and O–H groups in total. The Hall–Kier alpha value is -1.98. The van der Waals surface area contributed by atoms with Crippen LogP contribution in [0.1, 0.15) is 12.6 Å². The summed E-state index contributed by atoms with van der Waals surface area (Å²) in [6, 6.07) is 0. The summed E-state index contributed by atoms with van der Waals surface area (Å²) in [5.41, 5.74) is 3.58. The maximum absolute atomic E-state index is 13.5. The number of fused-ring (bicyclic) bond motifs is 1. The highest BCUT2D eigenvalue weighted by atomic mass is 31.3. The number of rotatable bonds is 6. The van der Waals surface area contributed by atoms with Gasteiger partial charge in [-0.3, -0.25) is 9.09 Å². The van der Waals surface area contributed by atoms with Crippen LogP contribution in [-0.4, -0.2) is 57.6 Å². The maximum Gasteiger partial charge on any atom is 0.481 e. The van der Waals surface area contributed by atoms with Crippen LogP contribution in [0, 0.1) is 18.4 Å². The number of nitrogen functional groups attached to an aromatic ring is 1. The van der Waals surface area contributed by atoms with Crippen LogP contribution in [0.4, 0.5) is 10.2 Å². The van der Waals surface area contributed by atoms with Crippen LogP contribution in [0.5, 0.6) is 0 Å². The van der Waals surface area contributed by atoms with E-state index in [-0.39, 0.29) is 23.4 Å². The third-order valence-corrected chi connectivity index (χ3v) is 6.07. The van der Waals surface area contributed by atoms with Crippen molar-refractivity contribution in [1.29, 1.82) is 0 Å². The normalized spacial score (nSPS) is 27.0. The first-order valence-corrected chi connectivity index (χ1v) is 10.6. The maximum atomic E-state index is 13.5. The quantitative estimate of drug-likeness (QED) is 0.211. The molecular formula is C12H14FN5O9P2. The number of anilines is 1. The average molecular weight is 453 g/mol. The molecule has 4 atom stereocenters. The Morgan fingerprint density at radius 3 is 2.76 bits per heavy atom. The standard InChI is InChI=1S/C12H14FN5O9P2/c1-2-12(4-25-29(23,24)27-28(20,21)22)6(19)3-7(26-12)18-5-15-8-9(14)16-11(13)17-10(8)18/h1,5-7,19H,3-4H2,(H,23,24)(H2,14,16,17)(H2,20,21,22)/t6-,7+,12+/m0/s1. The first kappa shape index (κ1) is 21.7. The van der Waals surface area contributed by atoms with E-state index in [1.54, 1.807) is 0 Å². The van der Waals surface area contributed by atoms with E-state index in [1.165, 1.54) is 10.9 Å². The van der Waals surface area contributed by atoms with Crippen molar-refractivity contribution in [3.05, 3.63) is 12.4 Å². The predicted octanol–water partition coefficient (Wildman–Crippen LogP) is -0.574. The molecule has 1 saturated heterocycles. The van der Waals surface area contributed by atoms with Gasteiger partial charge in [0.25, 0.3) is 0 Å². The van der Waals surface area contributed by atoms with Crippen molar-refractivity contribution in [3.63, 3.8) is 0 Å². The van der Waals surface area contributed by atoms with Gasteiger partial charge in [0.05, 0.1) is 6.33 Å². The fourth-order valence-corrected chi connectivity index (χ4v) is 4.30. The molecule has 0 bridgehead atoms. The highest BCUT2D eigenvalue weighted by molar-refractivity contribution is 7.60. The van der Waals surface area contributed by atoms with Gasteiger partial charge in [-0.1, -0.05) is 5.92 Å². The lowest BCUT2D eigenvalue weighted by Crippen LogP contribution is -2.42. The number of phosphoric acid groups is 2. The molecule has 2 aromatic heterocycles. The van der Waals surface area contributed by atoms with Gasteiger partial charge in [-0.25, -0.2) is 14.1 Å². The number of nitrogens with two attached hydrogens (primary N) is 1. The van der Waals surface area contributed by atoms with Crippen LogP contribution in [0.2, 0.25) is 0 Å². The topological polar surface area (TPSA) is 212 Å². The lowest BCUT2D eigenvalue weighted by Gasteiger charge is -2.27. The fraction of sp³-hybridized carbons (Fsp3) is 0.417. The summed E-state index contributed by atoms with van der Waals surface area (Å²) in [7, 11) is -10.6. The molecule has 1 unspecified atom stereocenters. The van der Waals surface area contributed by atoms with Gasteiger partial charge < -0.3 is 30.3 Å². The Kier molecular flexibility index (Phi) is 5.52. The van der Waals surface area contributed by atoms with Gasteiger partial charge in [0, 0.05) is 6.42 Å². The smallest absolute Gasteiger partial charge is 0.389 e. The summed E-state index contributed by atoms with van der Waals surface area (Å²) >= 11 is 0. The molecule has 0 aliphatic carbocycles. The summed E-state index contributed by atoms with van der Waals surface area (Å²) in [6.07, 6.45) is 2.72. The second kappa shape index (κ2) is 7.37. The number of halogens is 1. The number of aliphatic hydroxyl groups excluding tert-OH is 1. The molecule has 0 spiro atoms. The zero-order chi connectivity index (χ0) is 21.6. The monoisotopic (exact) mass is 453 g/mol. The Labute approximate surface area is 161 Å². The summed E-state index contributed by atoms with van der Waals surface area (Å²) in [5, 5.41) is 10.3. The Bertz CT molecular complexity index is 1080. The van der Waals surface area contributed by atoms with Crippen molar-refractivity contribution in [2.45, 2.75) is 24.4 Å². The number of phosphoric ester groups is 1. The molecule has 2 aromatic rings. The highest BCUT2D eigenvalue weighted by Crippen LogP contribution is 2.58. The number of nitrogens with zero attached hydrogens (tertiary/aromatic N) is 4. The van der Waals surface area contributed by atoms with E-state index >= 15 is 0 Å². The second-order valence-corrected chi connectivity index (χ2v) is 8.70. The van der Waals surface area contributed by atoms with Gasteiger partial charge >= 0.3 is 21.7 Å². The van der Waals surface area contributed by atoms with Crippen LogP contribution in [0.25, 0.3) is 11.2 Å². The van der Waals surface area contributed by atoms with Gasteiger partial charge in [0.2, 0.25) is 0 Å². The molecule has 1 aliphatic heterocycles. The number of imidazole rings is 1. The van der Waals surface area contributed by atoms with E-state index in [1.807, 2.05) is 0 Å². The number of terminal acetylenes is 1. The zero-order valence-corrected chi connectivity index (χ0v) is 16.0. The minimum atomic E-state index is -5.35. The Morgan fingerprint density at radius 1 is 1.45 bits per heavy atom. The third kappa shape index (κ3) is 4.46. The van der Waals surface area contributed by atoms with E-state index in [0.717, 1.165) is 0 Å². The van der Waals surface area contributed by atoms with Gasteiger partial charge in [0.1, 0.15) is 18.9 Å². The Balaban J connectivity index is 1.85. The third-order valence-electron chi connectivity index (χ3n) is 3.94. The Morgan fingerprint density at radius 2 is 2.14 bits per heavy atom. The second-order valence-electron chi connectivity index (χ2n) is 5.87. The van der Waals surface area contributed by atoms with Gasteiger partial charge in [-0.05, 0) is 0 Å². The number of aromatic nitrogens is 4. The molecule has 0 aromatic carbocycles. The molecule has 17 heteroatoms. The van der Waals surface area contributed by atoms with Crippen molar-refractivity contribution in [3.8, 4) is 12.3 Å². The molecule has 14 nitrogen and oxygen atoms in total. The molecule has 158 valence electrons. The number of aliphatic hydroxyl groups is 1. The molecule has 1 fully saturated rings. The van der Waals surface area contributed by atoms with Gasteiger partial charge in [-0.2, -0.15) is 18.7 Å². The minimum absolute atomic E-state index is 0.0568. The van der Waals surface area contributed by atoms with E-state index < -0.39 is 46.3 Å². The number of hydrogen-bond donors (Lipinski definition) is 5. The van der Waals surface area contributed by atoms with Crippen LogP contribution < -0.4 is 5.73 Å². The van der Waals surface area contributed by atoms with Crippen LogP contribution in [0.15, 0.2) is 6.33 Å². The zero-order valence-electron chi connectivity index (χ0n) is 14.2. The van der Waals surface area contributed by atoms with Crippen LogP contribution in [-0.2, 0) is 22.7 Å².